The maximum Gasteiger partial charge on any atom is 0.256 e. The molecule has 29 heavy (non-hydrogen) atoms. The molecule has 0 fully saturated rings. The molecule has 6 heteroatoms. The van der Waals surface area contributed by atoms with Gasteiger partial charge >= 0.3 is 0 Å². The van der Waals surface area contributed by atoms with Crippen LogP contribution in [0, 0.1) is 13.8 Å². The molecule has 4 N–H and O–H groups in total. The Bertz CT molecular complexity index is 1160. The van der Waals surface area contributed by atoms with E-state index in [9.17, 15) is 9.59 Å². The largest absolute Gasteiger partial charge is 0.361 e. The number of carbonyl (C=O) groups is 2. The monoisotopic (exact) mass is 386 g/mol. The van der Waals surface area contributed by atoms with Crippen LogP contribution in [0.2, 0.25) is 0 Å². The Morgan fingerprint density at radius 1 is 1.03 bits per heavy atom. The minimum Gasteiger partial charge on any atom is -0.361 e. The number of benzene rings is 2. The standard InChI is InChI=1S/C23H22N4O2/c1-13-8-18(24-12-13)9-20-19-7-6-17(11-22(19)27-23(20)29)26-21-10-16(25-15(3)28)5-4-14(21)2/h4-12,24,26H,1-3H3,(H,25,28)(H,27,29)/b20-9-. The van der Waals surface area contributed by atoms with E-state index >= 15 is 0 Å². The van der Waals surface area contributed by atoms with Crippen molar-refractivity contribution in [2.24, 2.45) is 0 Å². The topological polar surface area (TPSA) is 86.0 Å². The first-order valence-electron chi connectivity index (χ1n) is 9.37. The maximum absolute atomic E-state index is 12.5. The van der Waals surface area contributed by atoms with Crippen molar-refractivity contribution in [2.75, 3.05) is 16.0 Å². The van der Waals surface area contributed by atoms with Gasteiger partial charge in [0.25, 0.3) is 5.91 Å². The third-order valence-corrected chi connectivity index (χ3v) is 4.79. The van der Waals surface area contributed by atoms with E-state index in [1.807, 2.05) is 68.6 Å². The molecule has 0 unspecified atom stereocenters. The summed E-state index contributed by atoms with van der Waals surface area (Å²) >= 11 is 0. The van der Waals surface area contributed by atoms with E-state index in [1.54, 1.807) is 0 Å². The van der Waals surface area contributed by atoms with Gasteiger partial charge < -0.3 is 20.9 Å². The molecule has 4 rings (SSSR count). The summed E-state index contributed by atoms with van der Waals surface area (Å²) in [5.74, 6) is -0.232. The lowest BCUT2D eigenvalue weighted by Crippen LogP contribution is -2.06. The third-order valence-electron chi connectivity index (χ3n) is 4.79. The van der Waals surface area contributed by atoms with Crippen LogP contribution in [0.25, 0.3) is 11.6 Å². The molecule has 0 bridgehead atoms. The van der Waals surface area contributed by atoms with Crippen LogP contribution < -0.4 is 16.0 Å². The highest BCUT2D eigenvalue weighted by molar-refractivity contribution is 6.35. The molecule has 1 aliphatic heterocycles. The second kappa shape index (κ2) is 7.31. The molecule has 0 saturated carbocycles. The number of anilines is 4. The lowest BCUT2D eigenvalue weighted by molar-refractivity contribution is -0.114. The predicted molar refractivity (Wildman–Crippen MR) is 117 cm³/mol. The van der Waals surface area contributed by atoms with Crippen LogP contribution in [-0.4, -0.2) is 16.8 Å². The quantitative estimate of drug-likeness (QED) is 0.485. The SMILES string of the molecule is CC(=O)Nc1ccc(C)c(Nc2ccc3c(c2)NC(=O)/C3=C\c2cc(C)c[nH]2)c1. The van der Waals surface area contributed by atoms with Crippen molar-refractivity contribution in [3.05, 3.63) is 71.0 Å². The molecular formula is C23H22N4O2. The van der Waals surface area contributed by atoms with Crippen molar-refractivity contribution in [3.63, 3.8) is 0 Å². The molecule has 0 aliphatic carbocycles. The average Bonchev–Trinajstić information content (AvgIpc) is 3.20. The van der Waals surface area contributed by atoms with Crippen LogP contribution in [0.4, 0.5) is 22.7 Å². The second-order valence-corrected chi connectivity index (χ2v) is 7.24. The summed E-state index contributed by atoms with van der Waals surface area (Å²) in [6.45, 7) is 5.48. The number of hydrogen-bond donors (Lipinski definition) is 4. The summed E-state index contributed by atoms with van der Waals surface area (Å²) in [5.41, 5.74) is 7.80. The Hall–Kier alpha value is -3.80. The fourth-order valence-corrected chi connectivity index (χ4v) is 3.37. The molecule has 1 aromatic heterocycles. The van der Waals surface area contributed by atoms with Crippen molar-refractivity contribution < 1.29 is 9.59 Å². The van der Waals surface area contributed by atoms with Gasteiger partial charge in [-0.15, -0.1) is 0 Å². The first-order valence-corrected chi connectivity index (χ1v) is 9.37. The van der Waals surface area contributed by atoms with Crippen LogP contribution >= 0.6 is 0 Å². The van der Waals surface area contributed by atoms with E-state index in [2.05, 4.69) is 20.9 Å². The zero-order valence-electron chi connectivity index (χ0n) is 16.5. The lowest BCUT2D eigenvalue weighted by atomic mass is 10.1. The van der Waals surface area contributed by atoms with Crippen molar-refractivity contribution in [1.29, 1.82) is 0 Å². The Morgan fingerprint density at radius 2 is 1.83 bits per heavy atom. The Balaban J connectivity index is 1.62. The van der Waals surface area contributed by atoms with Crippen LogP contribution in [-0.2, 0) is 9.59 Å². The fraction of sp³-hybridized carbons (Fsp3) is 0.130. The van der Waals surface area contributed by atoms with Crippen LogP contribution in [0.15, 0.2) is 48.7 Å². The summed E-state index contributed by atoms with van der Waals surface area (Å²) in [4.78, 5) is 26.9. The number of carbonyl (C=O) groups excluding carboxylic acids is 2. The van der Waals surface area contributed by atoms with Gasteiger partial charge in [0.1, 0.15) is 0 Å². The van der Waals surface area contributed by atoms with Crippen molar-refractivity contribution in [1.82, 2.24) is 4.98 Å². The molecule has 0 saturated heterocycles. The van der Waals surface area contributed by atoms with Gasteiger partial charge in [-0.25, -0.2) is 0 Å². The number of rotatable bonds is 4. The smallest absolute Gasteiger partial charge is 0.256 e. The predicted octanol–water partition coefficient (Wildman–Crippen LogP) is 4.83. The number of H-pyrrole nitrogens is 1. The highest BCUT2D eigenvalue weighted by Gasteiger charge is 2.24. The van der Waals surface area contributed by atoms with E-state index < -0.39 is 0 Å². The molecule has 2 heterocycles. The molecule has 0 atom stereocenters. The van der Waals surface area contributed by atoms with Gasteiger partial charge in [-0.1, -0.05) is 12.1 Å². The van der Waals surface area contributed by atoms with Gasteiger partial charge in [0.05, 0.1) is 11.3 Å². The molecule has 146 valence electrons. The average molecular weight is 386 g/mol. The van der Waals surface area contributed by atoms with Crippen LogP contribution in [0.1, 0.15) is 29.3 Å². The van der Waals surface area contributed by atoms with E-state index in [1.165, 1.54) is 6.92 Å². The van der Waals surface area contributed by atoms with Gasteiger partial charge in [0, 0.05) is 41.4 Å². The first kappa shape index (κ1) is 18.6. The van der Waals surface area contributed by atoms with Crippen molar-refractivity contribution in [2.45, 2.75) is 20.8 Å². The maximum atomic E-state index is 12.5. The minimum atomic E-state index is -0.117. The summed E-state index contributed by atoms with van der Waals surface area (Å²) in [6.07, 6.45) is 3.77. The zero-order valence-corrected chi connectivity index (χ0v) is 16.5. The molecule has 0 radical (unpaired) electrons. The second-order valence-electron chi connectivity index (χ2n) is 7.24. The Labute approximate surface area is 169 Å². The fourth-order valence-electron chi connectivity index (χ4n) is 3.37. The van der Waals surface area contributed by atoms with E-state index in [0.717, 1.165) is 45.1 Å². The number of aromatic amines is 1. The number of fused-ring (bicyclic) bond motifs is 1. The number of aryl methyl sites for hydroxylation is 2. The van der Waals surface area contributed by atoms with E-state index in [4.69, 9.17) is 0 Å². The Kier molecular flexibility index (Phi) is 4.68. The first-order chi connectivity index (χ1) is 13.9. The van der Waals surface area contributed by atoms with Gasteiger partial charge in [-0.3, -0.25) is 9.59 Å². The van der Waals surface area contributed by atoms with Crippen molar-refractivity contribution in [3.8, 4) is 0 Å². The normalized spacial score (nSPS) is 13.9. The number of aromatic nitrogens is 1. The van der Waals surface area contributed by atoms with E-state index in [-0.39, 0.29) is 11.8 Å². The van der Waals surface area contributed by atoms with Gasteiger partial charge in [0.15, 0.2) is 0 Å². The molecule has 1 aliphatic rings. The summed E-state index contributed by atoms with van der Waals surface area (Å²) in [6, 6.07) is 13.5. The molecule has 2 aromatic carbocycles. The van der Waals surface area contributed by atoms with Gasteiger partial charge in [-0.05, 0) is 61.4 Å². The van der Waals surface area contributed by atoms with Crippen LogP contribution in [0.5, 0.6) is 0 Å². The molecule has 3 aromatic rings. The lowest BCUT2D eigenvalue weighted by Gasteiger charge is -2.13. The number of amides is 2. The van der Waals surface area contributed by atoms with Crippen molar-refractivity contribution >= 4 is 46.2 Å². The highest BCUT2D eigenvalue weighted by atomic mass is 16.2. The van der Waals surface area contributed by atoms with E-state index in [0.29, 0.717) is 5.57 Å². The minimum absolute atomic E-state index is 0.114. The number of nitrogens with one attached hydrogen (secondary N) is 4. The summed E-state index contributed by atoms with van der Waals surface area (Å²) < 4.78 is 0. The molecular weight excluding hydrogens is 364 g/mol. The van der Waals surface area contributed by atoms with Crippen LogP contribution in [0.3, 0.4) is 0 Å². The molecule has 0 spiro atoms. The highest BCUT2D eigenvalue weighted by Crippen LogP contribution is 2.36. The summed E-state index contributed by atoms with van der Waals surface area (Å²) in [7, 11) is 0. The molecule has 2 amide bonds. The Morgan fingerprint density at radius 3 is 2.55 bits per heavy atom. The number of hydrogen-bond acceptors (Lipinski definition) is 3. The summed E-state index contributed by atoms with van der Waals surface area (Å²) in [5, 5.41) is 9.09. The third kappa shape index (κ3) is 3.91. The van der Waals surface area contributed by atoms with Gasteiger partial charge in [0.2, 0.25) is 5.91 Å². The van der Waals surface area contributed by atoms with Gasteiger partial charge in [-0.2, -0.15) is 0 Å². The zero-order chi connectivity index (χ0) is 20.5. The molecule has 6 nitrogen and oxygen atoms in total.